The summed E-state index contributed by atoms with van der Waals surface area (Å²) in [6, 6.07) is 5.78. The van der Waals surface area contributed by atoms with Crippen molar-refractivity contribution >= 4 is 46.6 Å². The van der Waals surface area contributed by atoms with Crippen molar-refractivity contribution in [1.82, 2.24) is 49.8 Å². The van der Waals surface area contributed by atoms with Gasteiger partial charge in [-0.25, -0.2) is 26.9 Å². The molecule has 0 fully saturated rings. The molecule has 0 unspecified atom stereocenters. The van der Waals surface area contributed by atoms with Crippen LogP contribution in [0.15, 0.2) is 48.8 Å². The maximum atomic E-state index is 13.7. The molecule has 24 heteroatoms. The lowest BCUT2D eigenvalue weighted by Gasteiger charge is -2.08. The highest BCUT2D eigenvalue weighted by Crippen LogP contribution is 2.25. The lowest BCUT2D eigenvalue weighted by molar-refractivity contribution is -0.117. The number of hydrogen-bond acceptors (Lipinski definition) is 12. The third-order valence-corrected chi connectivity index (χ3v) is 10.8. The first-order valence-electron chi connectivity index (χ1n) is 20.8. The van der Waals surface area contributed by atoms with Crippen molar-refractivity contribution in [2.24, 2.45) is 14.1 Å². The molecule has 358 valence electrons. The number of carbonyl (C=O) groups excluding carboxylic acids is 6. The van der Waals surface area contributed by atoms with Gasteiger partial charge in [0.15, 0.2) is 23.3 Å². The number of hydrogen-bond donors (Lipinski definition) is 4. The number of nitrogens with zero attached hydrogens (tertiary/aromatic N) is 8. The molecule has 0 atom stereocenters. The average molecular weight is 947 g/mol. The smallest absolute Gasteiger partial charge is 0.292 e. The SMILES string of the molecule is Cc1c(C(=O)C(=O)NCc2cn(CCOCCOCCn3cc(CNC(=O)C(=O)c4c(C)c(C(=O)Nc5ccc(F)c(F)c5)n(C)c4C)nn3)nn2)c(C)n(C)c1C(=O)Nc1ccc(F)c(F)c1. The number of aromatic nitrogens is 8. The van der Waals surface area contributed by atoms with Crippen LogP contribution in [0.5, 0.6) is 0 Å². The summed E-state index contributed by atoms with van der Waals surface area (Å²) < 4.78 is 71.1. The standard InChI is InChI=1S/C44H46F4N12O8/c1-23-35(25(3)57(5)37(23)41(63)51-27-7-9-31(45)33(47)17-27)39(61)43(65)49-19-29-21-59(55-53-29)11-13-67-15-16-68-14-12-60-22-30(54-56-60)20-50-44(66)40(62)36-24(2)38(58(6)26(36)4)42(64)52-28-8-10-32(46)34(48)18-28/h7-10,17-18,21-22H,11-16,19-20H2,1-6H3,(H,49,65)(H,50,66)(H,51,63)(H,52,64). The van der Waals surface area contributed by atoms with Crippen LogP contribution in [0.25, 0.3) is 0 Å². The molecule has 0 radical (unpaired) electrons. The van der Waals surface area contributed by atoms with Gasteiger partial charge in [-0.15, -0.1) is 10.2 Å². The van der Waals surface area contributed by atoms with Crippen LogP contribution in [0.4, 0.5) is 28.9 Å². The minimum Gasteiger partial charge on any atom is -0.377 e. The van der Waals surface area contributed by atoms with Crippen LogP contribution in [0.3, 0.4) is 0 Å². The van der Waals surface area contributed by atoms with Gasteiger partial charge in [0.05, 0.1) is 76.1 Å². The van der Waals surface area contributed by atoms with Crippen molar-refractivity contribution in [2.45, 2.75) is 53.9 Å². The molecule has 0 aliphatic rings. The summed E-state index contributed by atoms with van der Waals surface area (Å²) >= 11 is 0. The first-order chi connectivity index (χ1) is 32.4. The van der Waals surface area contributed by atoms with E-state index in [-0.39, 0.29) is 84.5 Å². The van der Waals surface area contributed by atoms with Gasteiger partial charge >= 0.3 is 0 Å². The van der Waals surface area contributed by atoms with Crippen LogP contribution in [-0.2, 0) is 59.3 Å². The topological polar surface area (TPSA) is 240 Å². The van der Waals surface area contributed by atoms with Gasteiger partial charge in [0, 0.05) is 49.0 Å². The fourth-order valence-corrected chi connectivity index (χ4v) is 7.22. The number of Topliss-reactive ketones (excluding diaryl/α,β-unsaturated/α-hetero) is 2. The third-order valence-electron chi connectivity index (χ3n) is 10.8. The van der Waals surface area contributed by atoms with E-state index in [9.17, 15) is 46.3 Å². The summed E-state index contributed by atoms with van der Waals surface area (Å²) in [4.78, 5) is 78.2. The van der Waals surface area contributed by atoms with Crippen LogP contribution in [0.1, 0.15) is 75.6 Å². The van der Waals surface area contributed by atoms with Crippen LogP contribution >= 0.6 is 0 Å². The summed E-state index contributed by atoms with van der Waals surface area (Å²) in [6.45, 7) is 7.63. The van der Waals surface area contributed by atoms with Gasteiger partial charge in [-0.2, -0.15) is 0 Å². The summed E-state index contributed by atoms with van der Waals surface area (Å²) in [7, 11) is 3.08. The van der Waals surface area contributed by atoms with Gasteiger partial charge in [-0.3, -0.25) is 28.8 Å². The van der Waals surface area contributed by atoms with E-state index in [4.69, 9.17) is 9.47 Å². The quantitative estimate of drug-likeness (QED) is 0.0351. The van der Waals surface area contributed by atoms with E-state index in [1.807, 2.05) is 0 Å². The summed E-state index contributed by atoms with van der Waals surface area (Å²) in [5.41, 5.74) is 2.09. The normalized spacial score (nSPS) is 11.1. The van der Waals surface area contributed by atoms with Crippen molar-refractivity contribution in [3.8, 4) is 0 Å². The molecule has 0 spiro atoms. The summed E-state index contributed by atoms with van der Waals surface area (Å²) in [5.74, 6) is -9.42. The molecule has 20 nitrogen and oxygen atoms in total. The number of benzene rings is 2. The Bertz CT molecular complexity index is 2730. The minimum atomic E-state index is -1.14. The zero-order chi connectivity index (χ0) is 49.4. The van der Waals surface area contributed by atoms with E-state index in [1.54, 1.807) is 26.2 Å². The van der Waals surface area contributed by atoms with E-state index >= 15 is 0 Å². The number of carbonyl (C=O) groups is 6. The van der Waals surface area contributed by atoms with E-state index in [1.165, 1.54) is 58.6 Å². The second-order valence-electron chi connectivity index (χ2n) is 15.3. The Kier molecular flexibility index (Phi) is 15.8. The Morgan fingerprint density at radius 2 is 0.941 bits per heavy atom. The number of rotatable bonds is 21. The maximum absolute atomic E-state index is 13.7. The highest BCUT2D eigenvalue weighted by molar-refractivity contribution is 6.44. The highest BCUT2D eigenvalue weighted by atomic mass is 19.2. The molecule has 6 rings (SSSR count). The van der Waals surface area contributed by atoms with Gasteiger partial charge in [0.1, 0.15) is 22.8 Å². The van der Waals surface area contributed by atoms with Crippen LogP contribution in [0, 0.1) is 51.0 Å². The van der Waals surface area contributed by atoms with Crippen molar-refractivity contribution in [2.75, 3.05) is 37.1 Å². The van der Waals surface area contributed by atoms with Gasteiger partial charge in [0.2, 0.25) is 0 Å². The molecule has 4 aromatic heterocycles. The molecule has 2 aromatic carbocycles. The zero-order valence-electron chi connectivity index (χ0n) is 37.6. The minimum absolute atomic E-state index is 0.00837. The summed E-state index contributed by atoms with van der Waals surface area (Å²) in [5, 5.41) is 26.0. The lowest BCUT2D eigenvalue weighted by Crippen LogP contribution is -2.31. The number of halogens is 4. The van der Waals surface area contributed by atoms with E-state index < -0.39 is 58.5 Å². The Balaban J connectivity index is 0.861. The van der Waals surface area contributed by atoms with Crippen LogP contribution < -0.4 is 21.3 Å². The molecule has 4 N–H and O–H groups in total. The van der Waals surface area contributed by atoms with Crippen molar-refractivity contribution < 1.29 is 55.8 Å². The number of ether oxygens (including phenoxy) is 2. The monoisotopic (exact) mass is 946 g/mol. The molecular weight excluding hydrogens is 901 g/mol. The lowest BCUT2D eigenvalue weighted by atomic mass is 10.0. The molecule has 0 aliphatic heterocycles. The molecule has 4 heterocycles. The van der Waals surface area contributed by atoms with E-state index in [0.29, 0.717) is 35.9 Å². The molecule has 0 saturated carbocycles. The number of nitrogens with one attached hydrogen (secondary N) is 4. The molecule has 0 bridgehead atoms. The zero-order valence-corrected chi connectivity index (χ0v) is 37.6. The van der Waals surface area contributed by atoms with Crippen LogP contribution in [0.2, 0.25) is 0 Å². The van der Waals surface area contributed by atoms with E-state index in [2.05, 4.69) is 41.9 Å². The van der Waals surface area contributed by atoms with Crippen molar-refractivity contribution in [3.63, 3.8) is 0 Å². The van der Waals surface area contributed by atoms with Crippen molar-refractivity contribution in [1.29, 1.82) is 0 Å². The van der Waals surface area contributed by atoms with E-state index in [0.717, 1.165) is 24.3 Å². The van der Waals surface area contributed by atoms with Crippen LogP contribution in [-0.4, -0.2) is 101 Å². The van der Waals surface area contributed by atoms with Gasteiger partial charge in [-0.05, 0) is 63.1 Å². The number of ketones is 2. The van der Waals surface area contributed by atoms with Crippen molar-refractivity contribution in [3.05, 3.63) is 128 Å². The fourth-order valence-electron chi connectivity index (χ4n) is 7.22. The Hall–Kier alpha value is -7.86. The first kappa shape index (κ1) is 49.6. The Morgan fingerprint density at radius 3 is 1.31 bits per heavy atom. The third kappa shape index (κ3) is 11.4. The molecule has 0 aliphatic carbocycles. The van der Waals surface area contributed by atoms with Gasteiger partial charge in [0.25, 0.3) is 35.2 Å². The number of anilines is 2. The maximum Gasteiger partial charge on any atom is 0.292 e. The molecular formula is C44H46F4N12O8. The molecule has 68 heavy (non-hydrogen) atoms. The summed E-state index contributed by atoms with van der Waals surface area (Å²) in [6.07, 6.45) is 3.15. The molecule has 0 saturated heterocycles. The Morgan fingerprint density at radius 1 is 0.559 bits per heavy atom. The fraction of sp³-hybridized carbons (Fsp3) is 0.318. The predicted octanol–water partition coefficient (Wildman–Crippen LogP) is 3.57. The number of amides is 4. The second kappa shape index (κ2) is 21.6. The Labute approximate surface area is 385 Å². The van der Waals surface area contributed by atoms with Gasteiger partial charge < -0.3 is 39.9 Å². The largest absolute Gasteiger partial charge is 0.377 e. The van der Waals surface area contributed by atoms with Gasteiger partial charge in [-0.1, -0.05) is 10.4 Å². The second-order valence-corrected chi connectivity index (χ2v) is 15.3. The highest BCUT2D eigenvalue weighted by Gasteiger charge is 2.30. The average Bonchev–Trinajstić information content (AvgIpc) is 4.06. The first-order valence-corrected chi connectivity index (χ1v) is 20.8. The predicted molar refractivity (Wildman–Crippen MR) is 232 cm³/mol. The molecule has 4 amide bonds. The molecule has 6 aromatic rings.